The van der Waals surface area contributed by atoms with Crippen LogP contribution in [0.2, 0.25) is 0 Å². The van der Waals surface area contributed by atoms with E-state index in [2.05, 4.69) is 24.1 Å². The molecule has 0 saturated carbocycles. The van der Waals surface area contributed by atoms with E-state index in [1.54, 1.807) is 0 Å². The van der Waals surface area contributed by atoms with Crippen molar-refractivity contribution in [2.45, 2.75) is 38.8 Å². The number of nitrogens with one attached hydrogen (secondary N) is 1. The average Bonchev–Trinajstić information content (AvgIpc) is 2.56. The van der Waals surface area contributed by atoms with Gasteiger partial charge in [-0.2, -0.15) is 0 Å². The van der Waals surface area contributed by atoms with Crippen LogP contribution in [-0.4, -0.2) is 43.2 Å². The average molecular weight is 185 g/mol. The molecule has 1 rings (SSSR count). The van der Waals surface area contributed by atoms with Crippen molar-refractivity contribution >= 4 is 0 Å². The molecule has 0 aromatic heterocycles. The Morgan fingerprint density at radius 2 is 2.31 bits per heavy atom. The van der Waals surface area contributed by atoms with Gasteiger partial charge in [0.1, 0.15) is 0 Å². The van der Waals surface area contributed by atoms with Crippen molar-refractivity contribution < 1.29 is 0 Å². The number of nitrogens with two attached hydrogens (primary N) is 1. The third-order valence-electron chi connectivity index (χ3n) is 2.76. The summed E-state index contributed by atoms with van der Waals surface area (Å²) in [7, 11) is 0. The van der Waals surface area contributed by atoms with Crippen LogP contribution in [0.3, 0.4) is 0 Å². The fraction of sp³-hybridized carbons (Fsp3) is 1.00. The zero-order valence-corrected chi connectivity index (χ0v) is 8.92. The molecule has 78 valence electrons. The minimum absolute atomic E-state index is 0.617. The van der Waals surface area contributed by atoms with E-state index < -0.39 is 0 Å². The Morgan fingerprint density at radius 3 is 2.77 bits per heavy atom. The van der Waals surface area contributed by atoms with E-state index in [9.17, 15) is 0 Å². The van der Waals surface area contributed by atoms with Gasteiger partial charge in [0.25, 0.3) is 0 Å². The highest BCUT2D eigenvalue weighted by Crippen LogP contribution is 2.08. The lowest BCUT2D eigenvalue weighted by Crippen LogP contribution is -2.43. The number of hydrogen-bond acceptors (Lipinski definition) is 3. The Hall–Kier alpha value is -0.120. The van der Waals surface area contributed by atoms with Gasteiger partial charge in [0, 0.05) is 31.7 Å². The van der Waals surface area contributed by atoms with Gasteiger partial charge in [-0.15, -0.1) is 0 Å². The predicted molar refractivity (Wildman–Crippen MR) is 56.8 cm³/mol. The highest BCUT2D eigenvalue weighted by atomic mass is 15.2. The van der Waals surface area contributed by atoms with E-state index >= 15 is 0 Å². The van der Waals surface area contributed by atoms with Crippen molar-refractivity contribution in [2.75, 3.05) is 26.2 Å². The SMILES string of the molecule is CC(C)N(CCN)CC1CCCN1. The lowest BCUT2D eigenvalue weighted by Gasteiger charge is -2.28. The fourth-order valence-corrected chi connectivity index (χ4v) is 1.92. The second-order valence-electron chi connectivity index (χ2n) is 4.17. The van der Waals surface area contributed by atoms with Gasteiger partial charge < -0.3 is 11.1 Å². The van der Waals surface area contributed by atoms with Crippen LogP contribution in [0, 0.1) is 0 Å². The van der Waals surface area contributed by atoms with E-state index in [4.69, 9.17) is 5.73 Å². The van der Waals surface area contributed by atoms with Gasteiger partial charge in [-0.3, -0.25) is 4.90 Å². The summed E-state index contributed by atoms with van der Waals surface area (Å²) in [5.74, 6) is 0. The summed E-state index contributed by atoms with van der Waals surface area (Å²) in [6.07, 6.45) is 2.66. The standard InChI is InChI=1S/C10H23N3/c1-9(2)13(7-5-11)8-10-4-3-6-12-10/h9-10,12H,3-8,11H2,1-2H3. The first-order valence-electron chi connectivity index (χ1n) is 5.41. The molecule has 1 aliphatic rings. The lowest BCUT2D eigenvalue weighted by molar-refractivity contribution is 0.208. The van der Waals surface area contributed by atoms with Crippen molar-refractivity contribution in [1.29, 1.82) is 0 Å². The quantitative estimate of drug-likeness (QED) is 0.652. The van der Waals surface area contributed by atoms with Gasteiger partial charge in [-0.1, -0.05) is 0 Å². The van der Waals surface area contributed by atoms with Gasteiger partial charge in [0.05, 0.1) is 0 Å². The van der Waals surface area contributed by atoms with Crippen LogP contribution in [-0.2, 0) is 0 Å². The topological polar surface area (TPSA) is 41.3 Å². The molecular weight excluding hydrogens is 162 g/mol. The fourth-order valence-electron chi connectivity index (χ4n) is 1.92. The Bertz CT molecular complexity index is 130. The summed E-state index contributed by atoms with van der Waals surface area (Å²) in [4.78, 5) is 2.46. The second-order valence-corrected chi connectivity index (χ2v) is 4.17. The van der Waals surface area contributed by atoms with Crippen LogP contribution in [0.15, 0.2) is 0 Å². The normalized spacial score (nSPS) is 23.3. The van der Waals surface area contributed by atoms with Crippen LogP contribution in [0.5, 0.6) is 0 Å². The third-order valence-corrected chi connectivity index (χ3v) is 2.76. The number of hydrogen-bond donors (Lipinski definition) is 2. The predicted octanol–water partition coefficient (Wildman–Crippen LogP) is 0.408. The molecule has 3 N–H and O–H groups in total. The van der Waals surface area contributed by atoms with Gasteiger partial charge in [-0.05, 0) is 33.2 Å². The molecule has 1 saturated heterocycles. The van der Waals surface area contributed by atoms with Crippen molar-refractivity contribution in [1.82, 2.24) is 10.2 Å². The maximum atomic E-state index is 5.58. The van der Waals surface area contributed by atoms with Gasteiger partial charge in [-0.25, -0.2) is 0 Å². The molecule has 0 aromatic rings. The maximum Gasteiger partial charge on any atom is 0.0195 e. The van der Waals surface area contributed by atoms with E-state index in [0.29, 0.717) is 12.1 Å². The van der Waals surface area contributed by atoms with Gasteiger partial charge in [0.15, 0.2) is 0 Å². The molecule has 3 nitrogen and oxygen atoms in total. The van der Waals surface area contributed by atoms with Crippen LogP contribution in [0.1, 0.15) is 26.7 Å². The third kappa shape index (κ3) is 3.63. The molecule has 0 aliphatic carbocycles. The number of nitrogens with zero attached hydrogens (tertiary/aromatic N) is 1. The number of rotatable bonds is 5. The monoisotopic (exact) mass is 185 g/mol. The zero-order valence-electron chi connectivity index (χ0n) is 8.92. The van der Waals surface area contributed by atoms with Crippen LogP contribution in [0.25, 0.3) is 0 Å². The molecular formula is C10H23N3. The molecule has 0 aromatic carbocycles. The molecule has 1 fully saturated rings. The van der Waals surface area contributed by atoms with Gasteiger partial charge in [0.2, 0.25) is 0 Å². The summed E-state index contributed by atoms with van der Waals surface area (Å²) >= 11 is 0. The molecule has 3 heteroatoms. The van der Waals surface area contributed by atoms with Crippen LogP contribution >= 0.6 is 0 Å². The molecule has 1 atom stereocenters. The molecule has 0 radical (unpaired) electrons. The molecule has 1 unspecified atom stereocenters. The molecule has 1 aliphatic heterocycles. The molecule has 0 bridgehead atoms. The largest absolute Gasteiger partial charge is 0.329 e. The van der Waals surface area contributed by atoms with Crippen molar-refractivity contribution in [2.24, 2.45) is 5.73 Å². The summed E-state index contributed by atoms with van der Waals surface area (Å²) in [6, 6.07) is 1.32. The van der Waals surface area contributed by atoms with Crippen molar-refractivity contribution in [3.8, 4) is 0 Å². The Balaban J connectivity index is 2.27. The highest BCUT2D eigenvalue weighted by molar-refractivity contribution is 4.79. The van der Waals surface area contributed by atoms with Gasteiger partial charge >= 0.3 is 0 Å². The van der Waals surface area contributed by atoms with E-state index in [-0.39, 0.29) is 0 Å². The highest BCUT2D eigenvalue weighted by Gasteiger charge is 2.18. The first-order valence-corrected chi connectivity index (χ1v) is 5.41. The second kappa shape index (κ2) is 5.58. The molecule has 0 spiro atoms. The summed E-state index contributed by atoms with van der Waals surface area (Å²) < 4.78 is 0. The summed E-state index contributed by atoms with van der Waals surface area (Å²) in [5, 5.41) is 3.52. The van der Waals surface area contributed by atoms with E-state index in [1.165, 1.54) is 19.4 Å². The molecule has 1 heterocycles. The maximum absolute atomic E-state index is 5.58. The Kier molecular flexibility index (Phi) is 4.70. The Morgan fingerprint density at radius 1 is 1.54 bits per heavy atom. The molecule has 0 amide bonds. The minimum atomic E-state index is 0.617. The van der Waals surface area contributed by atoms with Crippen LogP contribution < -0.4 is 11.1 Å². The van der Waals surface area contributed by atoms with Crippen molar-refractivity contribution in [3.05, 3.63) is 0 Å². The first-order chi connectivity index (χ1) is 6.24. The lowest BCUT2D eigenvalue weighted by atomic mass is 10.2. The smallest absolute Gasteiger partial charge is 0.0195 e. The Labute approximate surface area is 81.7 Å². The molecule has 13 heavy (non-hydrogen) atoms. The summed E-state index contributed by atoms with van der Waals surface area (Å²) in [5.41, 5.74) is 5.58. The van der Waals surface area contributed by atoms with Crippen LogP contribution in [0.4, 0.5) is 0 Å². The summed E-state index contributed by atoms with van der Waals surface area (Å²) in [6.45, 7) is 8.63. The van der Waals surface area contributed by atoms with E-state index in [0.717, 1.165) is 19.6 Å². The minimum Gasteiger partial charge on any atom is -0.329 e. The first kappa shape index (κ1) is 11.0. The van der Waals surface area contributed by atoms with Crippen molar-refractivity contribution in [3.63, 3.8) is 0 Å². The van der Waals surface area contributed by atoms with E-state index in [1.807, 2.05) is 0 Å². The zero-order chi connectivity index (χ0) is 9.68.